The predicted molar refractivity (Wildman–Crippen MR) is 103 cm³/mol. The third-order valence-corrected chi connectivity index (χ3v) is 4.99. The molecular formula is C17H30N2O2S2. The van der Waals surface area contributed by atoms with Crippen LogP contribution in [-0.2, 0) is 9.59 Å². The first-order valence-electron chi connectivity index (χ1n) is 8.15. The first kappa shape index (κ1) is 22.0. The second kappa shape index (κ2) is 15.9. The number of Topliss-reactive ketones (excluding diaryl/α,β-unsaturated/α-hetero) is 1. The number of unbranched alkanes of at least 4 members (excludes halogenated alkanes) is 2. The van der Waals surface area contributed by atoms with Crippen LogP contribution in [0.15, 0.2) is 29.4 Å². The van der Waals surface area contributed by atoms with E-state index in [0.717, 1.165) is 30.0 Å². The van der Waals surface area contributed by atoms with Gasteiger partial charge in [0.05, 0.1) is 0 Å². The predicted octanol–water partition coefficient (Wildman–Crippen LogP) is 4.75. The molecule has 0 aliphatic heterocycles. The number of carbonyl (C=O) groups is 2. The van der Waals surface area contributed by atoms with E-state index in [4.69, 9.17) is 0 Å². The summed E-state index contributed by atoms with van der Waals surface area (Å²) in [6.45, 7) is 6.32. The molecule has 1 N–H and O–H groups in total. The molecule has 23 heavy (non-hydrogen) atoms. The van der Waals surface area contributed by atoms with Gasteiger partial charge < -0.3 is 10.1 Å². The number of hydrogen-bond acceptors (Lipinski definition) is 5. The van der Waals surface area contributed by atoms with Gasteiger partial charge in [-0.2, -0.15) is 0 Å². The average Bonchev–Trinajstić information content (AvgIpc) is 2.57. The van der Waals surface area contributed by atoms with Gasteiger partial charge in [-0.25, -0.2) is 4.98 Å². The third-order valence-electron chi connectivity index (χ3n) is 2.72. The van der Waals surface area contributed by atoms with Crippen molar-refractivity contribution in [3.05, 3.63) is 24.4 Å². The van der Waals surface area contributed by atoms with Crippen LogP contribution >= 0.6 is 21.6 Å². The van der Waals surface area contributed by atoms with Crippen LogP contribution in [0.3, 0.4) is 0 Å². The molecule has 0 saturated carbocycles. The van der Waals surface area contributed by atoms with E-state index in [1.165, 1.54) is 0 Å². The van der Waals surface area contributed by atoms with Crippen LogP contribution in [-0.4, -0.2) is 29.0 Å². The zero-order valence-electron chi connectivity index (χ0n) is 14.3. The van der Waals surface area contributed by atoms with Gasteiger partial charge in [0.15, 0.2) is 0 Å². The van der Waals surface area contributed by atoms with Crippen molar-refractivity contribution in [3.63, 3.8) is 0 Å². The quantitative estimate of drug-likeness (QED) is 0.457. The van der Waals surface area contributed by atoms with Gasteiger partial charge in [0.2, 0.25) is 5.91 Å². The van der Waals surface area contributed by atoms with Gasteiger partial charge in [-0.1, -0.05) is 37.1 Å². The number of carbonyl (C=O) groups excluding carboxylic acids is 2. The molecule has 1 aromatic heterocycles. The lowest BCUT2D eigenvalue weighted by atomic mass is 10.1. The number of amides is 1. The van der Waals surface area contributed by atoms with Gasteiger partial charge >= 0.3 is 0 Å². The Morgan fingerprint density at radius 2 is 1.96 bits per heavy atom. The van der Waals surface area contributed by atoms with Crippen molar-refractivity contribution in [1.29, 1.82) is 0 Å². The number of rotatable bonds is 11. The Kier molecular flexibility index (Phi) is 15.2. The molecule has 1 heterocycles. The molecule has 0 aliphatic rings. The highest BCUT2D eigenvalue weighted by molar-refractivity contribution is 8.76. The molecule has 0 atom stereocenters. The molecule has 0 spiro atoms. The van der Waals surface area contributed by atoms with Gasteiger partial charge in [0.1, 0.15) is 10.8 Å². The number of hydrogen-bond donors (Lipinski definition) is 1. The summed E-state index contributed by atoms with van der Waals surface area (Å²) in [5.74, 6) is 1.11. The highest BCUT2D eigenvalue weighted by atomic mass is 33.1. The maximum Gasteiger partial charge on any atom is 0.220 e. The van der Waals surface area contributed by atoms with Crippen molar-refractivity contribution in [2.24, 2.45) is 0 Å². The van der Waals surface area contributed by atoms with Crippen molar-refractivity contribution in [2.75, 3.05) is 12.3 Å². The van der Waals surface area contributed by atoms with Gasteiger partial charge in [-0.05, 0) is 42.7 Å². The Morgan fingerprint density at radius 3 is 2.61 bits per heavy atom. The molecule has 0 radical (unpaired) electrons. The van der Waals surface area contributed by atoms with E-state index in [2.05, 4.69) is 10.3 Å². The van der Waals surface area contributed by atoms with Crippen LogP contribution in [0, 0.1) is 0 Å². The Bertz CT molecular complexity index is 434. The van der Waals surface area contributed by atoms with Crippen LogP contribution in [0.2, 0.25) is 0 Å². The normalized spacial score (nSPS) is 9.70. The first-order valence-corrected chi connectivity index (χ1v) is 10.5. The number of nitrogens with one attached hydrogen (secondary N) is 1. The van der Waals surface area contributed by atoms with E-state index in [9.17, 15) is 9.59 Å². The molecule has 1 amide bonds. The average molecular weight is 359 g/mol. The second-order valence-electron chi connectivity index (χ2n) is 4.69. The number of pyridine rings is 1. The Hall–Kier alpha value is -1.01. The summed E-state index contributed by atoms with van der Waals surface area (Å²) >= 11 is 0. The molecule has 1 aromatic rings. The Labute approximate surface area is 149 Å². The molecule has 1 rings (SSSR count). The fraction of sp³-hybridized carbons (Fsp3) is 0.588. The second-order valence-corrected chi connectivity index (χ2v) is 7.12. The minimum absolute atomic E-state index is 0. The van der Waals surface area contributed by atoms with Crippen LogP contribution in [0.4, 0.5) is 0 Å². The zero-order chi connectivity index (χ0) is 17.3. The van der Waals surface area contributed by atoms with Gasteiger partial charge in [0.25, 0.3) is 0 Å². The van der Waals surface area contributed by atoms with E-state index in [1.54, 1.807) is 34.7 Å². The molecule has 0 fully saturated rings. The molecule has 0 bridgehead atoms. The van der Waals surface area contributed by atoms with E-state index >= 15 is 0 Å². The van der Waals surface area contributed by atoms with Crippen molar-refractivity contribution >= 4 is 33.3 Å². The van der Waals surface area contributed by atoms with Gasteiger partial charge in [-0.3, -0.25) is 4.79 Å². The largest absolute Gasteiger partial charge is 0.356 e. The summed E-state index contributed by atoms with van der Waals surface area (Å²) < 4.78 is 0. The summed E-state index contributed by atoms with van der Waals surface area (Å²) in [4.78, 5) is 26.6. The topological polar surface area (TPSA) is 59.1 Å². The molecule has 132 valence electrons. The summed E-state index contributed by atoms with van der Waals surface area (Å²) in [7, 11) is 3.23. The van der Waals surface area contributed by atoms with Crippen LogP contribution in [0.5, 0.6) is 0 Å². The van der Waals surface area contributed by atoms with Crippen molar-refractivity contribution in [1.82, 2.24) is 10.3 Å². The molecule has 0 aromatic carbocycles. The standard InChI is InChI=1S/C15H22N2O2S2.C2H6.H2/c1-13(18)7-3-2-5-10-16-14(19)9-12-20-21-15-8-4-6-11-17-15;1-2;/h4,6,8,11H,2-3,5,7,9-10,12H2,1H3,(H,16,19);1-2H3;1H. The van der Waals surface area contributed by atoms with E-state index < -0.39 is 0 Å². The minimum atomic E-state index is 0. The van der Waals surface area contributed by atoms with Crippen LogP contribution < -0.4 is 5.32 Å². The number of nitrogens with zero attached hydrogens (tertiary/aromatic N) is 1. The lowest BCUT2D eigenvalue weighted by molar-refractivity contribution is -0.120. The number of ketones is 1. The Balaban J connectivity index is 0. The van der Waals surface area contributed by atoms with Gasteiger partial charge in [-0.15, -0.1) is 0 Å². The van der Waals surface area contributed by atoms with E-state index in [0.29, 0.717) is 19.4 Å². The highest BCUT2D eigenvalue weighted by Gasteiger charge is 2.02. The molecule has 4 nitrogen and oxygen atoms in total. The third kappa shape index (κ3) is 14.3. The van der Waals surface area contributed by atoms with Crippen LogP contribution in [0.1, 0.15) is 54.3 Å². The van der Waals surface area contributed by atoms with Gasteiger partial charge in [0, 0.05) is 32.8 Å². The maximum atomic E-state index is 11.6. The van der Waals surface area contributed by atoms with Crippen molar-refractivity contribution in [3.8, 4) is 0 Å². The summed E-state index contributed by atoms with van der Waals surface area (Å²) in [5, 5.41) is 3.87. The number of aromatic nitrogens is 1. The lowest BCUT2D eigenvalue weighted by Crippen LogP contribution is -2.24. The molecule has 6 heteroatoms. The molecule has 0 saturated heterocycles. The SMILES string of the molecule is CC.CC(=O)CCCCCNC(=O)CCSSc1ccccn1.[HH]. The Morgan fingerprint density at radius 1 is 1.17 bits per heavy atom. The smallest absolute Gasteiger partial charge is 0.220 e. The minimum Gasteiger partial charge on any atom is -0.356 e. The van der Waals surface area contributed by atoms with Crippen molar-refractivity contribution < 1.29 is 11.0 Å². The van der Waals surface area contributed by atoms with E-state index in [-0.39, 0.29) is 13.1 Å². The van der Waals surface area contributed by atoms with E-state index in [1.807, 2.05) is 32.0 Å². The monoisotopic (exact) mass is 358 g/mol. The molecular weight excluding hydrogens is 328 g/mol. The summed E-state index contributed by atoms with van der Waals surface area (Å²) in [6.07, 6.45) is 5.79. The van der Waals surface area contributed by atoms with Crippen molar-refractivity contribution in [2.45, 2.75) is 57.9 Å². The molecule has 0 aliphatic carbocycles. The van der Waals surface area contributed by atoms with Crippen LogP contribution in [0.25, 0.3) is 0 Å². The zero-order valence-corrected chi connectivity index (χ0v) is 16.0. The highest BCUT2D eigenvalue weighted by Crippen LogP contribution is 2.29. The fourth-order valence-corrected chi connectivity index (χ4v) is 3.49. The molecule has 0 unspecified atom stereocenters. The fourth-order valence-electron chi connectivity index (χ4n) is 1.62. The maximum absolute atomic E-state index is 11.6. The first-order chi connectivity index (χ1) is 11.2. The lowest BCUT2D eigenvalue weighted by Gasteiger charge is -2.04. The summed E-state index contributed by atoms with van der Waals surface area (Å²) in [5.41, 5.74) is 0. The summed E-state index contributed by atoms with van der Waals surface area (Å²) in [6, 6.07) is 5.80.